The average Bonchev–Trinajstić information content (AvgIpc) is 3.13. The number of halogens is 3. The molecule has 0 unspecified atom stereocenters. The third-order valence-corrected chi connectivity index (χ3v) is 5.84. The number of benzene rings is 3. The fraction of sp³-hybridized carbons (Fsp3) is 0.231. The summed E-state index contributed by atoms with van der Waals surface area (Å²) >= 11 is 0. The van der Waals surface area contributed by atoms with Crippen molar-refractivity contribution >= 4 is 17.6 Å². The van der Waals surface area contributed by atoms with Gasteiger partial charge in [0.15, 0.2) is 6.61 Å². The Morgan fingerprint density at radius 1 is 1.06 bits per heavy atom. The Bertz CT molecular complexity index is 1240. The molecule has 8 heteroatoms. The molecule has 4 rings (SSSR count). The summed E-state index contributed by atoms with van der Waals surface area (Å²) in [4.78, 5) is 25.1. The first-order chi connectivity index (χ1) is 16.1. The summed E-state index contributed by atoms with van der Waals surface area (Å²) in [5.74, 6) is -0.752. The number of hydrogen-bond donors (Lipinski definition) is 1. The summed E-state index contributed by atoms with van der Waals surface area (Å²) in [5, 5.41) is 8.76. The highest BCUT2D eigenvalue weighted by atomic mass is 19.4. The maximum absolute atomic E-state index is 12.9. The van der Waals surface area contributed by atoms with Gasteiger partial charge in [0.05, 0.1) is 12.1 Å². The molecule has 0 radical (unpaired) electrons. The van der Waals surface area contributed by atoms with Gasteiger partial charge in [0.1, 0.15) is 5.75 Å². The highest BCUT2D eigenvalue weighted by molar-refractivity contribution is 6.10. The van der Waals surface area contributed by atoms with Crippen LogP contribution in [0.1, 0.15) is 38.2 Å². The van der Waals surface area contributed by atoms with Crippen molar-refractivity contribution in [3.05, 3.63) is 94.0 Å². The molecule has 1 heterocycles. The molecule has 1 amide bonds. The number of alkyl halides is 3. The lowest BCUT2D eigenvalue weighted by atomic mass is 9.97. The molecule has 1 aliphatic rings. The fourth-order valence-electron chi connectivity index (χ4n) is 4.12. The number of rotatable bonds is 7. The molecule has 5 nitrogen and oxygen atoms in total. The van der Waals surface area contributed by atoms with Gasteiger partial charge < -0.3 is 14.7 Å². The minimum atomic E-state index is -4.43. The number of aliphatic carboxylic acids is 1. The lowest BCUT2D eigenvalue weighted by molar-refractivity contribution is -0.139. The Morgan fingerprint density at radius 2 is 1.79 bits per heavy atom. The summed E-state index contributed by atoms with van der Waals surface area (Å²) in [5.41, 5.74) is 3.99. The SMILES string of the molecule is Cc1cc(CCc2cccc3c2CN(c2ccc(C(F)(F)F)cc2)C3=O)ccc1OCC(=O)O. The van der Waals surface area contributed by atoms with Crippen LogP contribution < -0.4 is 9.64 Å². The standard InChI is InChI=1S/C26H22F3NO4/c1-16-13-17(6-12-23(16)34-15-24(31)32)5-7-18-3-2-4-21-22(18)14-30(25(21)33)20-10-8-19(9-11-20)26(27,28)29/h2-4,6,8-13H,5,7,14-15H2,1H3,(H,31,32). The molecule has 0 saturated heterocycles. The van der Waals surface area contributed by atoms with Crippen LogP contribution in [0, 0.1) is 6.92 Å². The van der Waals surface area contributed by atoms with E-state index >= 15 is 0 Å². The van der Waals surface area contributed by atoms with Crippen LogP contribution in [0.4, 0.5) is 18.9 Å². The van der Waals surface area contributed by atoms with E-state index in [0.717, 1.165) is 34.4 Å². The molecule has 1 aliphatic heterocycles. The molecule has 176 valence electrons. The number of ether oxygens (including phenoxy) is 1. The number of carbonyl (C=O) groups excluding carboxylic acids is 1. The quantitative estimate of drug-likeness (QED) is 0.502. The van der Waals surface area contributed by atoms with Gasteiger partial charge in [-0.3, -0.25) is 4.79 Å². The number of carbonyl (C=O) groups is 2. The number of aryl methyl sites for hydroxylation is 3. The summed E-state index contributed by atoms with van der Waals surface area (Å²) in [7, 11) is 0. The summed E-state index contributed by atoms with van der Waals surface area (Å²) in [6.07, 6.45) is -3.06. The van der Waals surface area contributed by atoms with E-state index in [1.165, 1.54) is 17.0 Å². The average molecular weight is 469 g/mol. The van der Waals surface area contributed by atoms with Gasteiger partial charge >= 0.3 is 12.1 Å². The smallest absolute Gasteiger partial charge is 0.416 e. The summed E-state index contributed by atoms with van der Waals surface area (Å²) < 4.78 is 43.9. The summed E-state index contributed by atoms with van der Waals surface area (Å²) in [6.45, 7) is 1.75. The molecule has 0 spiro atoms. The number of nitrogens with zero attached hydrogens (tertiary/aromatic N) is 1. The molecule has 34 heavy (non-hydrogen) atoms. The van der Waals surface area contributed by atoms with E-state index in [1.807, 2.05) is 31.2 Å². The molecule has 0 saturated carbocycles. The van der Waals surface area contributed by atoms with E-state index in [9.17, 15) is 22.8 Å². The van der Waals surface area contributed by atoms with E-state index in [2.05, 4.69) is 0 Å². The molecule has 3 aromatic rings. The summed E-state index contributed by atoms with van der Waals surface area (Å²) in [6, 6.07) is 15.7. The largest absolute Gasteiger partial charge is 0.482 e. The Labute approximate surface area is 194 Å². The Kier molecular flexibility index (Phi) is 6.32. The van der Waals surface area contributed by atoms with E-state index in [1.54, 1.807) is 12.1 Å². The van der Waals surface area contributed by atoms with Gasteiger partial charge in [-0.25, -0.2) is 4.79 Å². The Hall–Kier alpha value is -3.81. The Morgan fingerprint density at radius 3 is 2.44 bits per heavy atom. The molecule has 0 fully saturated rings. The first kappa shape index (κ1) is 23.4. The predicted molar refractivity (Wildman–Crippen MR) is 120 cm³/mol. The number of hydrogen-bond acceptors (Lipinski definition) is 3. The molecule has 0 aliphatic carbocycles. The maximum atomic E-state index is 12.9. The number of carboxylic acid groups (broad SMARTS) is 1. The zero-order chi connectivity index (χ0) is 24.5. The van der Waals surface area contributed by atoms with Gasteiger partial charge in [-0.05, 0) is 78.4 Å². The third-order valence-electron chi connectivity index (χ3n) is 5.84. The zero-order valence-corrected chi connectivity index (χ0v) is 18.4. The van der Waals surface area contributed by atoms with Crippen molar-refractivity contribution < 1.29 is 32.6 Å². The van der Waals surface area contributed by atoms with E-state index < -0.39 is 24.3 Å². The van der Waals surface area contributed by atoms with Gasteiger partial charge in [0, 0.05) is 11.3 Å². The van der Waals surface area contributed by atoms with Crippen LogP contribution in [0.5, 0.6) is 5.75 Å². The van der Waals surface area contributed by atoms with E-state index in [4.69, 9.17) is 9.84 Å². The monoisotopic (exact) mass is 469 g/mol. The van der Waals surface area contributed by atoms with Gasteiger partial charge in [-0.2, -0.15) is 13.2 Å². The van der Waals surface area contributed by atoms with Gasteiger partial charge in [0.25, 0.3) is 5.91 Å². The second-order valence-corrected chi connectivity index (χ2v) is 8.16. The number of amides is 1. The molecule has 0 bridgehead atoms. The van der Waals surface area contributed by atoms with Gasteiger partial charge in [-0.1, -0.05) is 24.3 Å². The van der Waals surface area contributed by atoms with Gasteiger partial charge in [-0.15, -0.1) is 0 Å². The lowest BCUT2D eigenvalue weighted by Crippen LogP contribution is -2.23. The third kappa shape index (κ3) is 4.90. The molecule has 1 N–H and O–H groups in total. The lowest BCUT2D eigenvalue weighted by Gasteiger charge is -2.17. The van der Waals surface area contributed by atoms with Crippen molar-refractivity contribution in [2.45, 2.75) is 32.5 Å². The van der Waals surface area contributed by atoms with Crippen molar-refractivity contribution in [3.63, 3.8) is 0 Å². The normalized spacial score (nSPS) is 13.2. The molecule has 0 aromatic heterocycles. The first-order valence-corrected chi connectivity index (χ1v) is 10.7. The fourth-order valence-corrected chi connectivity index (χ4v) is 4.12. The second kappa shape index (κ2) is 9.21. The van der Waals surface area contributed by atoms with Crippen molar-refractivity contribution in [1.82, 2.24) is 0 Å². The first-order valence-electron chi connectivity index (χ1n) is 10.7. The molecule has 0 atom stereocenters. The Balaban J connectivity index is 1.48. The van der Waals surface area contributed by atoms with Crippen LogP contribution >= 0.6 is 0 Å². The van der Waals surface area contributed by atoms with Crippen molar-refractivity contribution in [3.8, 4) is 5.75 Å². The number of fused-ring (bicyclic) bond motifs is 1. The van der Waals surface area contributed by atoms with E-state index in [0.29, 0.717) is 36.4 Å². The topological polar surface area (TPSA) is 66.8 Å². The van der Waals surface area contributed by atoms with Gasteiger partial charge in [0.2, 0.25) is 0 Å². The van der Waals surface area contributed by atoms with Crippen LogP contribution in [0.15, 0.2) is 60.7 Å². The predicted octanol–water partition coefficient (Wildman–Crippen LogP) is 5.42. The van der Waals surface area contributed by atoms with Crippen LogP contribution in [0.2, 0.25) is 0 Å². The van der Waals surface area contributed by atoms with Crippen LogP contribution in [-0.4, -0.2) is 23.6 Å². The highest BCUT2D eigenvalue weighted by Crippen LogP contribution is 2.34. The van der Waals surface area contributed by atoms with Crippen LogP contribution in [-0.2, 0) is 30.4 Å². The maximum Gasteiger partial charge on any atom is 0.416 e. The minimum Gasteiger partial charge on any atom is -0.482 e. The molecule has 3 aromatic carbocycles. The van der Waals surface area contributed by atoms with Crippen LogP contribution in [0.25, 0.3) is 0 Å². The minimum absolute atomic E-state index is 0.229. The highest BCUT2D eigenvalue weighted by Gasteiger charge is 2.33. The number of anilines is 1. The van der Waals surface area contributed by atoms with Crippen LogP contribution in [0.3, 0.4) is 0 Å². The zero-order valence-electron chi connectivity index (χ0n) is 18.4. The second-order valence-electron chi connectivity index (χ2n) is 8.16. The number of carboxylic acids is 1. The molecular formula is C26H22F3NO4. The molecular weight excluding hydrogens is 447 g/mol. The van der Waals surface area contributed by atoms with Crippen molar-refractivity contribution in [1.29, 1.82) is 0 Å². The van der Waals surface area contributed by atoms with Crippen molar-refractivity contribution in [2.24, 2.45) is 0 Å². The van der Waals surface area contributed by atoms with E-state index in [-0.39, 0.29) is 5.91 Å². The van der Waals surface area contributed by atoms with Crippen molar-refractivity contribution in [2.75, 3.05) is 11.5 Å².